The van der Waals surface area contributed by atoms with Crippen molar-refractivity contribution in [3.63, 3.8) is 0 Å². The number of carbonyl (C=O) groups excluding carboxylic acids is 2. The standard InChI is InChI=1S/C14H16N4O4S2/c1-9-8-23-14(17-9)18-13(20)12(19)16-7-6-10-2-4-11(5-3-10)24(15,21)22/h2-5,8H,6-7H2,1H3,(H,16,19)(H2,15,21,22)(H,17,18,20). The molecule has 0 bridgehead atoms. The molecule has 1 aromatic carbocycles. The zero-order valence-electron chi connectivity index (χ0n) is 12.8. The summed E-state index contributed by atoms with van der Waals surface area (Å²) < 4.78 is 22.3. The summed E-state index contributed by atoms with van der Waals surface area (Å²) in [5.41, 5.74) is 1.57. The van der Waals surface area contributed by atoms with Gasteiger partial charge in [0.05, 0.1) is 10.6 Å². The molecule has 10 heteroatoms. The summed E-state index contributed by atoms with van der Waals surface area (Å²) in [5, 5.41) is 12.0. The fourth-order valence-electron chi connectivity index (χ4n) is 1.81. The molecule has 0 saturated heterocycles. The van der Waals surface area contributed by atoms with Crippen LogP contribution in [-0.2, 0) is 26.0 Å². The number of sulfonamides is 1. The van der Waals surface area contributed by atoms with E-state index in [1.165, 1.54) is 23.5 Å². The Morgan fingerprint density at radius 3 is 2.42 bits per heavy atom. The molecule has 0 fully saturated rings. The van der Waals surface area contributed by atoms with E-state index in [-0.39, 0.29) is 11.4 Å². The van der Waals surface area contributed by atoms with Crippen molar-refractivity contribution in [1.82, 2.24) is 10.3 Å². The van der Waals surface area contributed by atoms with Crippen LogP contribution in [0, 0.1) is 6.92 Å². The number of aryl methyl sites for hydroxylation is 1. The predicted molar refractivity (Wildman–Crippen MR) is 90.0 cm³/mol. The number of amides is 2. The minimum atomic E-state index is -3.72. The van der Waals surface area contributed by atoms with Crippen molar-refractivity contribution in [3.05, 3.63) is 40.9 Å². The normalized spacial score (nSPS) is 11.1. The van der Waals surface area contributed by atoms with E-state index in [0.717, 1.165) is 11.3 Å². The lowest BCUT2D eigenvalue weighted by molar-refractivity contribution is -0.136. The number of rotatable bonds is 5. The molecule has 0 atom stereocenters. The SMILES string of the molecule is Cc1csc(NC(=O)C(=O)NCCc2ccc(S(N)(=O)=O)cc2)n1. The largest absolute Gasteiger partial charge is 0.347 e. The van der Waals surface area contributed by atoms with E-state index in [9.17, 15) is 18.0 Å². The lowest BCUT2D eigenvalue weighted by Crippen LogP contribution is -2.36. The molecule has 0 aliphatic rings. The number of thiazole rings is 1. The van der Waals surface area contributed by atoms with E-state index in [4.69, 9.17) is 5.14 Å². The highest BCUT2D eigenvalue weighted by molar-refractivity contribution is 7.89. The number of nitrogens with two attached hydrogens (primary N) is 1. The zero-order valence-corrected chi connectivity index (χ0v) is 14.4. The molecule has 0 radical (unpaired) electrons. The van der Waals surface area contributed by atoms with Crippen LogP contribution in [0.1, 0.15) is 11.3 Å². The molecule has 0 aliphatic heterocycles. The van der Waals surface area contributed by atoms with Gasteiger partial charge in [-0.1, -0.05) is 12.1 Å². The van der Waals surface area contributed by atoms with Crippen molar-refractivity contribution in [2.45, 2.75) is 18.2 Å². The molecule has 1 heterocycles. The number of aromatic nitrogens is 1. The van der Waals surface area contributed by atoms with Gasteiger partial charge in [0.1, 0.15) is 0 Å². The van der Waals surface area contributed by atoms with E-state index in [2.05, 4.69) is 15.6 Å². The summed E-state index contributed by atoms with van der Waals surface area (Å²) in [6.07, 6.45) is 0.445. The molecule has 4 N–H and O–H groups in total. The predicted octanol–water partition coefficient (Wildman–Crippen LogP) is 0.396. The minimum Gasteiger partial charge on any atom is -0.347 e. The Morgan fingerprint density at radius 1 is 1.21 bits per heavy atom. The van der Waals surface area contributed by atoms with Gasteiger partial charge in [-0.3, -0.25) is 14.9 Å². The first-order valence-corrected chi connectivity index (χ1v) is 9.31. The quantitative estimate of drug-likeness (QED) is 0.657. The van der Waals surface area contributed by atoms with Gasteiger partial charge in [0, 0.05) is 11.9 Å². The molecule has 0 saturated carbocycles. The first kappa shape index (κ1) is 18.0. The van der Waals surface area contributed by atoms with Crippen LogP contribution in [0.5, 0.6) is 0 Å². The topological polar surface area (TPSA) is 131 Å². The summed E-state index contributed by atoms with van der Waals surface area (Å²) in [4.78, 5) is 27.4. The lowest BCUT2D eigenvalue weighted by atomic mass is 10.1. The van der Waals surface area contributed by atoms with Gasteiger partial charge in [-0.2, -0.15) is 0 Å². The van der Waals surface area contributed by atoms with E-state index < -0.39 is 21.8 Å². The maximum Gasteiger partial charge on any atom is 0.315 e. The van der Waals surface area contributed by atoms with Crippen LogP contribution >= 0.6 is 11.3 Å². The molecule has 8 nitrogen and oxygen atoms in total. The highest BCUT2D eigenvalue weighted by atomic mass is 32.2. The molecule has 0 spiro atoms. The number of nitrogens with zero attached hydrogens (tertiary/aromatic N) is 1. The number of primary sulfonamides is 1. The smallest absolute Gasteiger partial charge is 0.315 e. The van der Waals surface area contributed by atoms with Gasteiger partial charge < -0.3 is 5.32 Å². The van der Waals surface area contributed by atoms with Crippen LogP contribution in [0.25, 0.3) is 0 Å². The van der Waals surface area contributed by atoms with Crippen molar-refractivity contribution < 1.29 is 18.0 Å². The first-order valence-electron chi connectivity index (χ1n) is 6.89. The number of nitrogens with one attached hydrogen (secondary N) is 2. The summed E-state index contributed by atoms with van der Waals surface area (Å²) >= 11 is 1.24. The molecular weight excluding hydrogens is 352 g/mol. The highest BCUT2D eigenvalue weighted by Gasteiger charge is 2.14. The monoisotopic (exact) mass is 368 g/mol. The molecule has 1 aromatic heterocycles. The van der Waals surface area contributed by atoms with Crippen LogP contribution in [0.15, 0.2) is 34.5 Å². The average Bonchev–Trinajstić information content (AvgIpc) is 2.91. The molecule has 2 rings (SSSR count). The maximum atomic E-state index is 11.7. The minimum absolute atomic E-state index is 0.0217. The third kappa shape index (κ3) is 5.11. The molecule has 128 valence electrons. The second-order valence-electron chi connectivity index (χ2n) is 4.94. The van der Waals surface area contributed by atoms with Crippen molar-refractivity contribution in [3.8, 4) is 0 Å². The van der Waals surface area contributed by atoms with Gasteiger partial charge in [-0.25, -0.2) is 18.5 Å². The average molecular weight is 368 g/mol. The van der Waals surface area contributed by atoms with E-state index in [1.807, 2.05) is 0 Å². The van der Waals surface area contributed by atoms with Crippen molar-refractivity contribution in [1.29, 1.82) is 0 Å². The van der Waals surface area contributed by atoms with Crippen LogP contribution in [-0.4, -0.2) is 31.8 Å². The lowest BCUT2D eigenvalue weighted by Gasteiger charge is -2.05. The fraction of sp³-hybridized carbons (Fsp3) is 0.214. The zero-order chi connectivity index (χ0) is 17.7. The van der Waals surface area contributed by atoms with Crippen LogP contribution in [0.2, 0.25) is 0 Å². The van der Waals surface area contributed by atoms with Gasteiger partial charge in [0.2, 0.25) is 10.0 Å². The third-order valence-electron chi connectivity index (χ3n) is 3.00. The Balaban J connectivity index is 1.80. The van der Waals surface area contributed by atoms with Crippen LogP contribution < -0.4 is 15.8 Å². The third-order valence-corrected chi connectivity index (χ3v) is 4.80. The van der Waals surface area contributed by atoms with Crippen LogP contribution in [0.3, 0.4) is 0 Å². The Kier molecular flexibility index (Phi) is 5.65. The van der Waals surface area contributed by atoms with Gasteiger partial charge in [-0.05, 0) is 31.0 Å². The Hall–Kier alpha value is -2.30. The van der Waals surface area contributed by atoms with E-state index >= 15 is 0 Å². The number of carbonyl (C=O) groups is 2. The number of hydrogen-bond donors (Lipinski definition) is 3. The van der Waals surface area contributed by atoms with Gasteiger partial charge >= 0.3 is 11.8 Å². The molecule has 2 amide bonds. The Morgan fingerprint density at radius 2 is 1.88 bits per heavy atom. The second kappa shape index (κ2) is 7.51. The fourth-order valence-corrected chi connectivity index (χ4v) is 3.01. The number of hydrogen-bond acceptors (Lipinski definition) is 6. The summed E-state index contributed by atoms with van der Waals surface area (Å²) in [6, 6.07) is 5.99. The Bertz CT molecular complexity index is 844. The van der Waals surface area contributed by atoms with Crippen molar-refractivity contribution in [2.24, 2.45) is 5.14 Å². The van der Waals surface area contributed by atoms with Crippen LogP contribution in [0.4, 0.5) is 5.13 Å². The molecule has 0 unspecified atom stereocenters. The Labute approximate surface area is 143 Å². The highest BCUT2D eigenvalue weighted by Crippen LogP contribution is 2.14. The van der Waals surface area contributed by atoms with Gasteiger partial charge in [0.25, 0.3) is 0 Å². The number of anilines is 1. The second-order valence-corrected chi connectivity index (χ2v) is 7.36. The summed E-state index contributed by atoms with van der Waals surface area (Å²) in [7, 11) is -3.72. The number of benzene rings is 1. The maximum absolute atomic E-state index is 11.7. The van der Waals surface area contributed by atoms with Gasteiger partial charge in [0.15, 0.2) is 5.13 Å². The summed E-state index contributed by atoms with van der Waals surface area (Å²) in [5.74, 6) is -1.54. The van der Waals surface area contributed by atoms with E-state index in [1.54, 1.807) is 24.4 Å². The molecular formula is C14H16N4O4S2. The first-order chi connectivity index (χ1) is 11.3. The summed E-state index contributed by atoms with van der Waals surface area (Å²) in [6.45, 7) is 2.02. The molecule has 0 aliphatic carbocycles. The van der Waals surface area contributed by atoms with Crippen molar-refractivity contribution in [2.75, 3.05) is 11.9 Å². The van der Waals surface area contributed by atoms with Crippen molar-refractivity contribution >= 4 is 38.3 Å². The van der Waals surface area contributed by atoms with Gasteiger partial charge in [-0.15, -0.1) is 11.3 Å². The molecule has 24 heavy (non-hydrogen) atoms. The van der Waals surface area contributed by atoms with E-state index in [0.29, 0.717) is 11.6 Å². The molecule has 2 aromatic rings.